The average molecular weight is 360 g/mol. The summed E-state index contributed by atoms with van der Waals surface area (Å²) in [6.45, 7) is 1.87. The van der Waals surface area contributed by atoms with Crippen LogP contribution in [0.1, 0.15) is 23.2 Å². The summed E-state index contributed by atoms with van der Waals surface area (Å²) >= 11 is 0. The van der Waals surface area contributed by atoms with Crippen LogP contribution in [0.25, 0.3) is 11.1 Å². The summed E-state index contributed by atoms with van der Waals surface area (Å²) in [4.78, 5) is 16.4. The molecule has 1 heterocycles. The molecular formula is C17H16N2O5S. The first-order valence-electron chi connectivity index (χ1n) is 7.61. The predicted octanol–water partition coefficient (Wildman–Crippen LogP) is 2.48. The number of aromatic nitrogens is 1. The number of nitrogens with zero attached hydrogens (tertiary/aromatic N) is 1. The molecule has 0 aliphatic rings. The molecule has 0 bridgehead atoms. The first kappa shape index (κ1) is 17.1. The normalized spacial score (nSPS) is 11.6. The lowest BCUT2D eigenvalue weighted by molar-refractivity contribution is 0.0440. The maximum Gasteiger partial charge on any atom is 0.338 e. The predicted molar refractivity (Wildman–Crippen MR) is 90.4 cm³/mol. The zero-order valence-electron chi connectivity index (χ0n) is 13.4. The van der Waals surface area contributed by atoms with Crippen LogP contribution < -0.4 is 4.72 Å². The summed E-state index contributed by atoms with van der Waals surface area (Å²) in [6.07, 6.45) is 0. The van der Waals surface area contributed by atoms with E-state index in [1.165, 1.54) is 24.3 Å². The van der Waals surface area contributed by atoms with Gasteiger partial charge in [0, 0.05) is 6.54 Å². The molecule has 0 spiro atoms. The van der Waals surface area contributed by atoms with Gasteiger partial charge < -0.3 is 9.15 Å². The minimum absolute atomic E-state index is 0.0878. The number of oxazole rings is 1. The van der Waals surface area contributed by atoms with Gasteiger partial charge in [0.2, 0.25) is 15.9 Å². The van der Waals surface area contributed by atoms with E-state index >= 15 is 0 Å². The fraction of sp³-hybridized carbons (Fsp3) is 0.176. The fourth-order valence-corrected chi connectivity index (χ4v) is 3.28. The molecule has 3 rings (SSSR count). The van der Waals surface area contributed by atoms with E-state index in [0.29, 0.717) is 17.0 Å². The number of carbonyl (C=O) groups is 1. The number of rotatable bonds is 6. The third-order valence-electron chi connectivity index (χ3n) is 3.40. The lowest BCUT2D eigenvalue weighted by Gasteiger charge is -2.06. The Balaban J connectivity index is 1.67. The summed E-state index contributed by atoms with van der Waals surface area (Å²) < 4.78 is 36.7. The van der Waals surface area contributed by atoms with Crippen molar-refractivity contribution in [3.8, 4) is 0 Å². The van der Waals surface area contributed by atoms with Crippen molar-refractivity contribution < 1.29 is 22.4 Å². The fourth-order valence-electron chi connectivity index (χ4n) is 2.24. The van der Waals surface area contributed by atoms with Gasteiger partial charge in [-0.05, 0) is 36.4 Å². The molecule has 7 nitrogen and oxygen atoms in total. The van der Waals surface area contributed by atoms with Gasteiger partial charge in [0.05, 0.1) is 10.5 Å². The van der Waals surface area contributed by atoms with E-state index in [0.717, 1.165) is 0 Å². The van der Waals surface area contributed by atoms with Crippen LogP contribution in [0.5, 0.6) is 0 Å². The van der Waals surface area contributed by atoms with Crippen LogP contribution in [-0.2, 0) is 21.4 Å². The van der Waals surface area contributed by atoms with Crippen LogP contribution in [0.2, 0.25) is 0 Å². The SMILES string of the molecule is CCNS(=O)(=O)c1ccc(C(=O)OCc2nc3ccccc3o2)cc1. The molecule has 130 valence electrons. The van der Waals surface area contributed by atoms with E-state index in [2.05, 4.69) is 9.71 Å². The highest BCUT2D eigenvalue weighted by Crippen LogP contribution is 2.16. The number of carbonyl (C=O) groups excluding carboxylic acids is 1. The number of benzene rings is 2. The van der Waals surface area contributed by atoms with Crippen LogP contribution in [0.3, 0.4) is 0 Å². The van der Waals surface area contributed by atoms with E-state index < -0.39 is 16.0 Å². The molecule has 0 amide bonds. The molecule has 0 radical (unpaired) electrons. The average Bonchev–Trinajstić information content (AvgIpc) is 3.02. The second kappa shape index (κ2) is 7.04. The molecule has 2 aromatic carbocycles. The summed E-state index contributed by atoms with van der Waals surface area (Å²) in [5.74, 6) is -0.296. The Labute approximate surface area is 144 Å². The van der Waals surface area contributed by atoms with E-state index in [4.69, 9.17) is 9.15 Å². The molecule has 0 saturated heterocycles. The zero-order valence-corrected chi connectivity index (χ0v) is 14.2. The van der Waals surface area contributed by atoms with Gasteiger partial charge in [0.15, 0.2) is 12.2 Å². The van der Waals surface area contributed by atoms with Crippen molar-refractivity contribution in [2.75, 3.05) is 6.54 Å². The number of ether oxygens (including phenoxy) is 1. The van der Waals surface area contributed by atoms with Crippen molar-refractivity contribution in [3.05, 3.63) is 60.0 Å². The van der Waals surface area contributed by atoms with Crippen molar-refractivity contribution in [3.63, 3.8) is 0 Å². The lowest BCUT2D eigenvalue weighted by atomic mass is 10.2. The second-order valence-corrected chi connectivity index (χ2v) is 6.94. The molecule has 0 aliphatic carbocycles. The maximum absolute atomic E-state index is 12.1. The van der Waals surface area contributed by atoms with Gasteiger partial charge in [-0.2, -0.15) is 0 Å². The van der Waals surface area contributed by atoms with Crippen molar-refractivity contribution in [1.29, 1.82) is 0 Å². The van der Waals surface area contributed by atoms with Crippen molar-refractivity contribution in [1.82, 2.24) is 9.71 Å². The number of nitrogens with one attached hydrogen (secondary N) is 1. The van der Waals surface area contributed by atoms with E-state index in [1.807, 2.05) is 12.1 Å². The summed E-state index contributed by atoms with van der Waals surface area (Å²) in [5.41, 5.74) is 1.55. The van der Waals surface area contributed by atoms with Gasteiger partial charge >= 0.3 is 5.97 Å². The highest BCUT2D eigenvalue weighted by atomic mass is 32.2. The highest BCUT2D eigenvalue weighted by Gasteiger charge is 2.15. The van der Waals surface area contributed by atoms with Gasteiger partial charge in [-0.3, -0.25) is 0 Å². The quantitative estimate of drug-likeness (QED) is 0.678. The molecule has 0 fully saturated rings. The smallest absolute Gasteiger partial charge is 0.338 e. The monoisotopic (exact) mass is 360 g/mol. The Kier molecular flexibility index (Phi) is 4.82. The minimum atomic E-state index is -3.55. The lowest BCUT2D eigenvalue weighted by Crippen LogP contribution is -2.23. The van der Waals surface area contributed by atoms with E-state index in [-0.39, 0.29) is 23.6 Å². The molecular weight excluding hydrogens is 344 g/mol. The van der Waals surface area contributed by atoms with Crippen LogP contribution >= 0.6 is 0 Å². The zero-order chi connectivity index (χ0) is 17.9. The molecule has 0 atom stereocenters. The number of sulfonamides is 1. The Morgan fingerprint density at radius 2 is 1.88 bits per heavy atom. The summed E-state index contributed by atoms with van der Waals surface area (Å²) in [6, 6.07) is 12.8. The first-order chi connectivity index (χ1) is 12.0. The minimum Gasteiger partial charge on any atom is -0.452 e. The van der Waals surface area contributed by atoms with Gasteiger partial charge in [0.1, 0.15) is 5.52 Å². The first-order valence-corrected chi connectivity index (χ1v) is 9.09. The molecule has 0 aliphatic heterocycles. The van der Waals surface area contributed by atoms with Gasteiger partial charge in [0.25, 0.3) is 0 Å². The van der Waals surface area contributed by atoms with Gasteiger partial charge in [-0.1, -0.05) is 19.1 Å². The Hall–Kier alpha value is -2.71. The van der Waals surface area contributed by atoms with Crippen molar-refractivity contribution >= 4 is 27.1 Å². The Morgan fingerprint density at radius 1 is 1.16 bits per heavy atom. The third kappa shape index (κ3) is 3.86. The number of para-hydroxylation sites is 2. The summed E-state index contributed by atoms with van der Waals surface area (Å²) in [7, 11) is -3.55. The molecule has 25 heavy (non-hydrogen) atoms. The maximum atomic E-state index is 12.1. The Morgan fingerprint density at radius 3 is 2.56 bits per heavy atom. The molecule has 3 aromatic rings. The molecule has 0 unspecified atom stereocenters. The van der Waals surface area contributed by atoms with Crippen LogP contribution in [0.4, 0.5) is 0 Å². The van der Waals surface area contributed by atoms with E-state index in [1.54, 1.807) is 19.1 Å². The van der Waals surface area contributed by atoms with Crippen LogP contribution in [0, 0.1) is 0 Å². The topological polar surface area (TPSA) is 98.5 Å². The third-order valence-corrected chi connectivity index (χ3v) is 4.96. The van der Waals surface area contributed by atoms with Crippen molar-refractivity contribution in [2.45, 2.75) is 18.4 Å². The standard InChI is InChI=1S/C17H16N2O5S/c1-2-18-25(21,22)13-9-7-12(8-10-13)17(20)23-11-16-19-14-5-3-4-6-15(14)24-16/h3-10,18H,2,11H2,1H3. The number of fused-ring (bicyclic) bond motifs is 1. The number of hydrogen-bond donors (Lipinski definition) is 1. The second-order valence-electron chi connectivity index (χ2n) is 5.18. The molecule has 8 heteroatoms. The van der Waals surface area contributed by atoms with Crippen molar-refractivity contribution in [2.24, 2.45) is 0 Å². The van der Waals surface area contributed by atoms with Crippen LogP contribution in [0.15, 0.2) is 57.8 Å². The molecule has 1 aromatic heterocycles. The molecule has 1 N–H and O–H groups in total. The van der Waals surface area contributed by atoms with Gasteiger partial charge in [-0.25, -0.2) is 22.9 Å². The van der Waals surface area contributed by atoms with E-state index in [9.17, 15) is 13.2 Å². The molecule has 0 saturated carbocycles. The summed E-state index contributed by atoms with van der Waals surface area (Å²) in [5, 5.41) is 0. The highest BCUT2D eigenvalue weighted by molar-refractivity contribution is 7.89. The van der Waals surface area contributed by atoms with Gasteiger partial charge in [-0.15, -0.1) is 0 Å². The number of esters is 1. The van der Waals surface area contributed by atoms with Crippen LogP contribution in [-0.4, -0.2) is 25.9 Å². The largest absolute Gasteiger partial charge is 0.452 e. The number of hydrogen-bond acceptors (Lipinski definition) is 6. The Bertz CT molecular complexity index is 960.